The van der Waals surface area contributed by atoms with Crippen LogP contribution in [0.15, 0.2) is 52.8 Å². The van der Waals surface area contributed by atoms with Crippen molar-refractivity contribution < 1.29 is 72.1 Å². The summed E-state index contributed by atoms with van der Waals surface area (Å²) < 4.78 is 40.9. The molecule has 1 fully saturated rings. The SMILES string of the molecule is CO/C1=C(\C)C([C@]2(OC(C)=O)CO[C@@H]2CCOC(C)=O)[C@H](OC(=O)c2ccccc2)[C@]2(O)C[C@H](OC(=O)[C@H](O)[C@H](CC(C)C)NC(=O)OC(C)(C)C)C(C)=C(C1=O)C2(C)C. The van der Waals surface area contributed by atoms with Crippen molar-refractivity contribution in [2.75, 3.05) is 20.3 Å². The molecule has 60 heavy (non-hydrogen) atoms. The number of carbonyl (C=O) groups excluding carboxylic acids is 6. The molecule has 0 radical (unpaired) electrons. The van der Waals surface area contributed by atoms with Crippen LogP contribution in [0.25, 0.3) is 0 Å². The number of nitrogens with one attached hydrogen (secondary N) is 1. The molecular weight excluding hydrogens is 782 g/mol. The molecule has 332 valence electrons. The molecule has 1 aliphatic heterocycles. The van der Waals surface area contributed by atoms with Crippen molar-refractivity contribution in [3.63, 3.8) is 0 Å². The number of aliphatic hydroxyl groups is 2. The Bertz CT molecular complexity index is 1880. The van der Waals surface area contributed by atoms with Gasteiger partial charge in [-0.25, -0.2) is 14.4 Å². The van der Waals surface area contributed by atoms with Gasteiger partial charge in [-0.05, 0) is 70.2 Å². The fourth-order valence-electron chi connectivity index (χ4n) is 8.69. The van der Waals surface area contributed by atoms with Gasteiger partial charge in [0.1, 0.15) is 29.5 Å². The van der Waals surface area contributed by atoms with Gasteiger partial charge in [0, 0.05) is 37.7 Å². The first kappa shape index (κ1) is 47.9. The smallest absolute Gasteiger partial charge is 0.407 e. The van der Waals surface area contributed by atoms with Crippen LogP contribution in [-0.4, -0.2) is 114 Å². The number of fused-ring (bicyclic) bond motifs is 2. The van der Waals surface area contributed by atoms with Crippen molar-refractivity contribution in [1.82, 2.24) is 5.32 Å². The molecule has 1 unspecified atom stereocenters. The number of alkyl carbamates (subject to hydrolysis) is 1. The molecule has 1 saturated heterocycles. The number of ether oxygens (including phenoxy) is 7. The molecule has 16 nitrogen and oxygen atoms in total. The highest BCUT2D eigenvalue weighted by Gasteiger charge is 2.70. The summed E-state index contributed by atoms with van der Waals surface area (Å²) in [6.07, 6.45) is -7.22. The number of methoxy groups -OCH3 is 1. The molecule has 3 N–H and O–H groups in total. The highest BCUT2D eigenvalue weighted by molar-refractivity contribution is 6.09. The van der Waals surface area contributed by atoms with E-state index in [1.807, 2.05) is 13.8 Å². The van der Waals surface area contributed by atoms with Gasteiger partial charge in [0.15, 0.2) is 17.5 Å². The van der Waals surface area contributed by atoms with Crippen molar-refractivity contribution in [3.05, 3.63) is 58.4 Å². The van der Waals surface area contributed by atoms with Gasteiger partial charge >= 0.3 is 30.0 Å². The Hall–Kier alpha value is -4.80. The average Bonchev–Trinajstić information content (AvgIpc) is 3.12. The van der Waals surface area contributed by atoms with Crippen LogP contribution in [0.4, 0.5) is 4.79 Å². The van der Waals surface area contributed by atoms with Crippen LogP contribution < -0.4 is 5.32 Å². The molecule has 1 aromatic carbocycles. The summed E-state index contributed by atoms with van der Waals surface area (Å²) in [7, 11) is 1.27. The molecule has 0 spiro atoms. The van der Waals surface area contributed by atoms with E-state index in [0.717, 1.165) is 0 Å². The number of esters is 4. The van der Waals surface area contributed by atoms with Crippen LogP contribution in [-0.2, 0) is 52.3 Å². The second-order valence-corrected chi connectivity index (χ2v) is 17.8. The van der Waals surface area contributed by atoms with Crippen LogP contribution in [0.3, 0.4) is 0 Å². The maximum absolute atomic E-state index is 14.9. The summed E-state index contributed by atoms with van der Waals surface area (Å²) in [4.78, 5) is 80.7. The molecule has 0 aromatic heterocycles. The zero-order chi connectivity index (χ0) is 45.1. The van der Waals surface area contributed by atoms with E-state index in [1.54, 1.807) is 66.7 Å². The van der Waals surface area contributed by atoms with Crippen molar-refractivity contribution in [3.8, 4) is 0 Å². The first-order valence-corrected chi connectivity index (χ1v) is 20.1. The minimum absolute atomic E-state index is 0.00529. The van der Waals surface area contributed by atoms with Crippen LogP contribution in [0.2, 0.25) is 0 Å². The van der Waals surface area contributed by atoms with E-state index in [-0.39, 0.29) is 60.0 Å². The van der Waals surface area contributed by atoms with Gasteiger partial charge in [0.05, 0.1) is 37.8 Å². The number of benzene rings is 1. The number of rotatable bonds is 14. The lowest BCUT2D eigenvalue weighted by atomic mass is 9.53. The second-order valence-electron chi connectivity index (χ2n) is 17.8. The lowest BCUT2D eigenvalue weighted by molar-refractivity contribution is -0.295. The third kappa shape index (κ3) is 9.87. The van der Waals surface area contributed by atoms with Crippen LogP contribution in [0, 0.1) is 17.3 Å². The van der Waals surface area contributed by atoms with Gasteiger partial charge < -0.3 is 48.7 Å². The summed E-state index contributed by atoms with van der Waals surface area (Å²) in [5.74, 6) is -5.72. The Balaban J connectivity index is 1.94. The topological polar surface area (TPSA) is 220 Å². The number of hydrogen-bond acceptors (Lipinski definition) is 15. The zero-order valence-electron chi connectivity index (χ0n) is 36.7. The minimum atomic E-state index is -2.31. The van der Waals surface area contributed by atoms with E-state index >= 15 is 0 Å². The average molecular weight is 844 g/mol. The van der Waals surface area contributed by atoms with Crippen molar-refractivity contribution in [1.29, 1.82) is 0 Å². The van der Waals surface area contributed by atoms with Gasteiger partial charge in [-0.1, -0.05) is 45.9 Å². The first-order valence-electron chi connectivity index (χ1n) is 20.1. The number of Topliss-reactive ketones (excluding diaryl/α,β-unsaturated/α-hetero) is 1. The fourth-order valence-corrected chi connectivity index (χ4v) is 8.69. The third-order valence-corrected chi connectivity index (χ3v) is 11.5. The van der Waals surface area contributed by atoms with Crippen LogP contribution >= 0.6 is 0 Å². The zero-order valence-corrected chi connectivity index (χ0v) is 36.7. The number of hydrogen-bond donors (Lipinski definition) is 3. The maximum Gasteiger partial charge on any atom is 0.407 e. The molecule has 8 atom stereocenters. The second kappa shape index (κ2) is 18.4. The molecule has 1 heterocycles. The summed E-state index contributed by atoms with van der Waals surface area (Å²) >= 11 is 0. The van der Waals surface area contributed by atoms with Crippen LogP contribution in [0.1, 0.15) is 106 Å². The highest BCUT2D eigenvalue weighted by Crippen LogP contribution is 2.58. The quantitative estimate of drug-likeness (QED) is 0.171. The molecule has 2 bridgehead atoms. The lowest BCUT2D eigenvalue weighted by Crippen LogP contribution is -2.73. The maximum atomic E-state index is 14.9. The standard InChI is InChI=1S/C44H61NO15/c1-23(2)20-29(45-40(52)60-41(7,8)9)34(48)39(51)57-30-21-44(53)37(58-38(50)28-16-14-13-15-17-28)33(25(4)36(54-12)35(49)32(24(30)3)42(44,10)11)43(59-27(6)47)22-56-31(43)18-19-55-26(5)46/h13-17,23,29-31,33-34,37,48,53H,18-22H2,1-12H3,(H,45,52)/b36-25+/t29-,30-,31+,33?,34+,37-,43-,44+/m0/s1. The third-order valence-electron chi connectivity index (χ3n) is 11.5. The van der Waals surface area contributed by atoms with Crippen molar-refractivity contribution in [2.24, 2.45) is 17.3 Å². The Morgan fingerprint density at radius 3 is 2.13 bits per heavy atom. The first-order chi connectivity index (χ1) is 27.8. The molecule has 0 saturated carbocycles. The summed E-state index contributed by atoms with van der Waals surface area (Å²) in [5.41, 5.74) is -6.03. The highest BCUT2D eigenvalue weighted by atomic mass is 16.6. The predicted molar refractivity (Wildman–Crippen MR) is 214 cm³/mol. The van der Waals surface area contributed by atoms with E-state index in [9.17, 15) is 39.0 Å². The molecule has 16 heteroatoms. The Morgan fingerprint density at radius 2 is 1.62 bits per heavy atom. The Kier molecular flexibility index (Phi) is 14.7. The largest absolute Gasteiger partial charge is 0.493 e. The van der Waals surface area contributed by atoms with Gasteiger partial charge in [-0.2, -0.15) is 0 Å². The molecular formula is C44H61NO15. The number of aliphatic hydroxyl groups excluding tert-OH is 1. The van der Waals surface area contributed by atoms with Crippen LogP contribution in [0.5, 0.6) is 0 Å². The number of amides is 1. The number of allylic oxidation sites excluding steroid dienone is 1. The van der Waals surface area contributed by atoms with E-state index in [1.165, 1.54) is 33.1 Å². The van der Waals surface area contributed by atoms with E-state index in [2.05, 4.69) is 5.32 Å². The van der Waals surface area contributed by atoms with E-state index < -0.39 is 101 Å². The molecule has 4 rings (SSSR count). The molecule has 3 aliphatic rings. The Morgan fingerprint density at radius 1 is 0.983 bits per heavy atom. The predicted octanol–water partition coefficient (Wildman–Crippen LogP) is 4.67. The van der Waals surface area contributed by atoms with Gasteiger partial charge in [0.25, 0.3) is 0 Å². The van der Waals surface area contributed by atoms with E-state index in [0.29, 0.717) is 0 Å². The molecule has 1 aromatic rings. The van der Waals surface area contributed by atoms with Gasteiger partial charge in [-0.3, -0.25) is 14.4 Å². The summed E-state index contributed by atoms with van der Waals surface area (Å²) in [6, 6.07) is 6.82. The monoisotopic (exact) mass is 843 g/mol. The van der Waals surface area contributed by atoms with E-state index in [4.69, 9.17) is 33.2 Å². The summed E-state index contributed by atoms with van der Waals surface area (Å²) in [6.45, 7) is 16.9. The molecule has 2 aliphatic carbocycles. The van der Waals surface area contributed by atoms with Crippen molar-refractivity contribution >= 4 is 35.8 Å². The minimum Gasteiger partial charge on any atom is -0.493 e. The fraction of sp³-hybridized carbons (Fsp3) is 0.636. The molecule has 1 amide bonds. The summed E-state index contributed by atoms with van der Waals surface area (Å²) in [5, 5.41) is 27.5. The van der Waals surface area contributed by atoms with Gasteiger partial charge in [-0.15, -0.1) is 0 Å². The Labute approximate surface area is 351 Å². The van der Waals surface area contributed by atoms with Gasteiger partial charge in [0.2, 0.25) is 5.78 Å². The number of carbonyl (C=O) groups is 6. The lowest BCUT2D eigenvalue weighted by Gasteiger charge is -2.60. The normalized spacial score (nSPS) is 28.6. The van der Waals surface area contributed by atoms with Crippen molar-refractivity contribution in [2.45, 2.75) is 143 Å². The number of ketones is 1.